The first-order valence-corrected chi connectivity index (χ1v) is 12.2. The standard InChI is InChI=1S/C35H26O/c1-36-29-23-21-28(22-24-29)33-30-19-11-12-20-31(30)35(34(33)27-17-9-4-10-18-27)32(25-13-5-2-6-14-25)26-15-7-3-8-16-26/h2-24H,1H3. The molecule has 6 rings (SSSR count). The van der Waals surface area contributed by atoms with Crippen LogP contribution in [0.2, 0.25) is 0 Å². The number of ether oxygens (including phenoxy) is 1. The number of benzene rings is 5. The van der Waals surface area contributed by atoms with Gasteiger partial charge in [-0.3, -0.25) is 0 Å². The first kappa shape index (κ1) is 21.9. The lowest BCUT2D eigenvalue weighted by atomic mass is 9.85. The van der Waals surface area contributed by atoms with Crippen molar-refractivity contribution in [2.24, 2.45) is 0 Å². The molecule has 0 saturated carbocycles. The van der Waals surface area contributed by atoms with E-state index in [1.807, 2.05) is 12.1 Å². The molecule has 5 aromatic carbocycles. The Labute approximate surface area is 212 Å². The fourth-order valence-electron chi connectivity index (χ4n) is 5.19. The maximum atomic E-state index is 5.46. The van der Waals surface area contributed by atoms with Gasteiger partial charge in [0.15, 0.2) is 0 Å². The molecule has 0 fully saturated rings. The van der Waals surface area contributed by atoms with Gasteiger partial charge in [0.2, 0.25) is 0 Å². The monoisotopic (exact) mass is 462 g/mol. The Morgan fingerprint density at radius 3 is 1.47 bits per heavy atom. The summed E-state index contributed by atoms with van der Waals surface area (Å²) >= 11 is 0. The lowest BCUT2D eigenvalue weighted by Crippen LogP contribution is -1.96. The van der Waals surface area contributed by atoms with Crippen molar-refractivity contribution in [1.82, 2.24) is 0 Å². The van der Waals surface area contributed by atoms with E-state index in [1.165, 1.54) is 55.7 Å². The molecule has 0 bridgehead atoms. The third-order valence-electron chi connectivity index (χ3n) is 6.78. The molecule has 0 aromatic heterocycles. The molecule has 0 atom stereocenters. The van der Waals surface area contributed by atoms with Crippen LogP contribution >= 0.6 is 0 Å². The minimum atomic E-state index is 0.858. The van der Waals surface area contributed by atoms with Crippen LogP contribution < -0.4 is 4.74 Å². The molecule has 0 N–H and O–H groups in total. The summed E-state index contributed by atoms with van der Waals surface area (Å²) < 4.78 is 5.46. The van der Waals surface area contributed by atoms with Gasteiger partial charge in [-0.15, -0.1) is 0 Å². The van der Waals surface area contributed by atoms with E-state index in [-0.39, 0.29) is 0 Å². The van der Waals surface area contributed by atoms with Crippen LogP contribution in [0.5, 0.6) is 5.75 Å². The highest BCUT2D eigenvalue weighted by molar-refractivity contribution is 6.30. The van der Waals surface area contributed by atoms with Crippen LogP contribution in [-0.2, 0) is 0 Å². The summed E-state index contributed by atoms with van der Waals surface area (Å²) in [5.74, 6) is 0.858. The van der Waals surface area contributed by atoms with Crippen LogP contribution in [0.4, 0.5) is 0 Å². The summed E-state index contributed by atoms with van der Waals surface area (Å²) in [5.41, 5.74) is 12.3. The molecule has 0 amide bonds. The molecule has 0 aliphatic heterocycles. The van der Waals surface area contributed by atoms with Crippen molar-refractivity contribution in [3.8, 4) is 5.75 Å². The second kappa shape index (κ2) is 9.56. The van der Waals surface area contributed by atoms with Gasteiger partial charge in [0.1, 0.15) is 5.75 Å². The first-order chi connectivity index (χ1) is 17.8. The van der Waals surface area contributed by atoms with Crippen LogP contribution in [0, 0.1) is 0 Å². The van der Waals surface area contributed by atoms with Gasteiger partial charge < -0.3 is 4.74 Å². The molecule has 172 valence electrons. The van der Waals surface area contributed by atoms with Crippen molar-refractivity contribution >= 4 is 22.3 Å². The van der Waals surface area contributed by atoms with Crippen LogP contribution in [0.1, 0.15) is 33.4 Å². The maximum Gasteiger partial charge on any atom is 0.118 e. The predicted molar refractivity (Wildman–Crippen MR) is 151 cm³/mol. The van der Waals surface area contributed by atoms with Crippen molar-refractivity contribution in [1.29, 1.82) is 0 Å². The number of hydrogen-bond acceptors (Lipinski definition) is 1. The molecule has 1 nitrogen and oxygen atoms in total. The summed E-state index contributed by atoms with van der Waals surface area (Å²) in [4.78, 5) is 0. The quantitative estimate of drug-likeness (QED) is 0.254. The van der Waals surface area contributed by atoms with Gasteiger partial charge in [-0.25, -0.2) is 0 Å². The first-order valence-electron chi connectivity index (χ1n) is 12.2. The van der Waals surface area contributed by atoms with Gasteiger partial charge in [0.05, 0.1) is 7.11 Å². The largest absolute Gasteiger partial charge is 0.497 e. The van der Waals surface area contributed by atoms with Crippen molar-refractivity contribution in [2.75, 3.05) is 7.11 Å². The Morgan fingerprint density at radius 2 is 0.917 bits per heavy atom. The molecule has 0 heterocycles. The van der Waals surface area contributed by atoms with Crippen molar-refractivity contribution < 1.29 is 4.74 Å². The van der Waals surface area contributed by atoms with Crippen LogP contribution in [0.15, 0.2) is 140 Å². The van der Waals surface area contributed by atoms with Crippen molar-refractivity contribution in [3.05, 3.63) is 173 Å². The molecule has 0 spiro atoms. The molecule has 5 aromatic rings. The molecular weight excluding hydrogens is 436 g/mol. The minimum Gasteiger partial charge on any atom is -0.497 e. The molecule has 0 unspecified atom stereocenters. The van der Waals surface area contributed by atoms with E-state index < -0.39 is 0 Å². The fraction of sp³-hybridized carbons (Fsp3) is 0.0286. The molecule has 1 heteroatoms. The van der Waals surface area contributed by atoms with Crippen LogP contribution in [0.3, 0.4) is 0 Å². The zero-order valence-corrected chi connectivity index (χ0v) is 20.2. The van der Waals surface area contributed by atoms with Crippen LogP contribution in [0.25, 0.3) is 22.3 Å². The Hall–Kier alpha value is -4.62. The summed E-state index contributed by atoms with van der Waals surface area (Å²) in [6, 6.07) is 49.5. The average Bonchev–Trinajstić information content (AvgIpc) is 3.30. The van der Waals surface area contributed by atoms with E-state index in [1.54, 1.807) is 7.11 Å². The Bertz CT molecular complexity index is 1520. The smallest absolute Gasteiger partial charge is 0.118 e. The van der Waals surface area contributed by atoms with Gasteiger partial charge >= 0.3 is 0 Å². The SMILES string of the molecule is COc1ccc(C2=C(c3ccccc3)C(=C(c3ccccc3)c3ccccc3)c3ccccc32)cc1. The Kier molecular flexibility index (Phi) is 5.81. The van der Waals surface area contributed by atoms with Gasteiger partial charge in [-0.2, -0.15) is 0 Å². The summed E-state index contributed by atoms with van der Waals surface area (Å²) in [7, 11) is 1.71. The molecule has 0 saturated heterocycles. The highest BCUT2D eigenvalue weighted by Gasteiger charge is 2.31. The van der Waals surface area contributed by atoms with E-state index >= 15 is 0 Å². The second-order valence-corrected chi connectivity index (χ2v) is 8.87. The second-order valence-electron chi connectivity index (χ2n) is 8.87. The predicted octanol–water partition coefficient (Wildman–Crippen LogP) is 8.63. The topological polar surface area (TPSA) is 9.23 Å². The lowest BCUT2D eigenvalue weighted by molar-refractivity contribution is 0.415. The van der Waals surface area contributed by atoms with E-state index in [0.29, 0.717) is 0 Å². The Balaban J connectivity index is 1.77. The normalized spacial score (nSPS) is 12.4. The highest BCUT2D eigenvalue weighted by atomic mass is 16.5. The molecular formula is C35H26O. The molecule has 1 aliphatic carbocycles. The zero-order valence-electron chi connectivity index (χ0n) is 20.2. The van der Waals surface area contributed by atoms with Gasteiger partial charge in [0.25, 0.3) is 0 Å². The van der Waals surface area contributed by atoms with Crippen molar-refractivity contribution in [3.63, 3.8) is 0 Å². The summed E-state index contributed by atoms with van der Waals surface area (Å²) in [6.07, 6.45) is 0. The molecule has 36 heavy (non-hydrogen) atoms. The van der Waals surface area contributed by atoms with Crippen molar-refractivity contribution in [2.45, 2.75) is 0 Å². The van der Waals surface area contributed by atoms with Crippen LogP contribution in [-0.4, -0.2) is 7.11 Å². The van der Waals surface area contributed by atoms with Gasteiger partial charge in [-0.05, 0) is 67.8 Å². The number of methoxy groups -OCH3 is 1. The fourth-order valence-corrected chi connectivity index (χ4v) is 5.19. The van der Waals surface area contributed by atoms with E-state index in [4.69, 9.17) is 4.74 Å². The average molecular weight is 463 g/mol. The molecule has 1 aliphatic rings. The van der Waals surface area contributed by atoms with E-state index in [2.05, 4.69) is 127 Å². The highest BCUT2D eigenvalue weighted by Crippen LogP contribution is 2.52. The third-order valence-corrected chi connectivity index (χ3v) is 6.78. The summed E-state index contributed by atoms with van der Waals surface area (Å²) in [5, 5.41) is 0. The number of hydrogen-bond donors (Lipinski definition) is 0. The van der Waals surface area contributed by atoms with E-state index in [0.717, 1.165) is 5.75 Å². The van der Waals surface area contributed by atoms with Gasteiger partial charge in [0, 0.05) is 0 Å². The zero-order chi connectivity index (χ0) is 24.3. The number of allylic oxidation sites excluding steroid dienone is 2. The summed E-state index contributed by atoms with van der Waals surface area (Å²) in [6.45, 7) is 0. The number of rotatable bonds is 5. The Morgan fingerprint density at radius 1 is 0.444 bits per heavy atom. The van der Waals surface area contributed by atoms with E-state index in [9.17, 15) is 0 Å². The number of fused-ring (bicyclic) bond motifs is 1. The maximum absolute atomic E-state index is 5.46. The minimum absolute atomic E-state index is 0.858. The molecule has 0 radical (unpaired) electrons. The van der Waals surface area contributed by atoms with Gasteiger partial charge in [-0.1, -0.05) is 127 Å². The third kappa shape index (κ3) is 3.85. The lowest BCUT2D eigenvalue weighted by Gasteiger charge is -2.18.